The molecule has 0 saturated carbocycles. The lowest BCUT2D eigenvalue weighted by atomic mass is 10.3. The molecule has 1 atom stereocenters. The monoisotopic (exact) mass is 311 g/mol. The van der Waals surface area contributed by atoms with Gasteiger partial charge in [0, 0.05) is 23.5 Å². The van der Waals surface area contributed by atoms with Crippen molar-refractivity contribution < 1.29 is 4.21 Å². The van der Waals surface area contributed by atoms with Crippen LogP contribution in [-0.4, -0.2) is 13.6 Å². The van der Waals surface area contributed by atoms with E-state index in [1.54, 1.807) is 29.5 Å². The van der Waals surface area contributed by atoms with Gasteiger partial charge in [0.25, 0.3) is 0 Å². The van der Waals surface area contributed by atoms with E-state index in [9.17, 15) is 4.21 Å². The van der Waals surface area contributed by atoms with Crippen molar-refractivity contribution in [2.75, 3.05) is 5.73 Å². The lowest BCUT2D eigenvalue weighted by molar-refractivity contribution is 0.682. The molecule has 0 bridgehead atoms. The molecule has 0 aliphatic heterocycles. The molecule has 0 radical (unpaired) electrons. The molecule has 2 N–H and O–H groups in total. The van der Waals surface area contributed by atoms with Crippen molar-refractivity contribution in [1.82, 2.24) is 9.38 Å². The summed E-state index contributed by atoms with van der Waals surface area (Å²) in [5.41, 5.74) is 6.97. The molecule has 0 saturated heterocycles. The van der Waals surface area contributed by atoms with Gasteiger partial charge in [-0.05, 0) is 18.2 Å². The fourth-order valence-electron chi connectivity index (χ4n) is 1.76. The Balaban J connectivity index is 1.86. The maximum absolute atomic E-state index is 12.3. The number of anilines is 1. The fraction of sp³-hybridized carbons (Fsp3) is 0.0833. The van der Waals surface area contributed by atoms with Gasteiger partial charge in [-0.2, -0.15) is 0 Å². The van der Waals surface area contributed by atoms with E-state index in [4.69, 9.17) is 17.3 Å². The average Bonchev–Trinajstić information content (AvgIpc) is 2.89. The van der Waals surface area contributed by atoms with Crippen molar-refractivity contribution in [1.29, 1.82) is 0 Å². The molecular weight excluding hydrogens is 302 g/mol. The van der Waals surface area contributed by atoms with E-state index in [1.807, 2.05) is 22.2 Å². The molecule has 2 aromatic heterocycles. The van der Waals surface area contributed by atoms with Crippen LogP contribution >= 0.6 is 22.9 Å². The Morgan fingerprint density at radius 1 is 1.47 bits per heavy atom. The summed E-state index contributed by atoms with van der Waals surface area (Å²) in [7, 11) is -1.22. The van der Waals surface area contributed by atoms with Gasteiger partial charge in [0.2, 0.25) is 0 Å². The molecule has 0 amide bonds. The van der Waals surface area contributed by atoms with E-state index in [-0.39, 0.29) is 0 Å². The quantitative estimate of drug-likeness (QED) is 0.757. The zero-order chi connectivity index (χ0) is 13.4. The highest BCUT2D eigenvalue weighted by Gasteiger charge is 2.12. The van der Waals surface area contributed by atoms with Crippen LogP contribution in [-0.2, 0) is 16.6 Å². The average molecular weight is 312 g/mol. The van der Waals surface area contributed by atoms with Crippen molar-refractivity contribution in [2.24, 2.45) is 0 Å². The zero-order valence-electron chi connectivity index (χ0n) is 9.75. The highest BCUT2D eigenvalue weighted by Crippen LogP contribution is 2.24. The summed E-state index contributed by atoms with van der Waals surface area (Å²) in [6.45, 7) is 0. The topological polar surface area (TPSA) is 60.4 Å². The minimum absolute atomic E-state index is 0.345. The minimum Gasteiger partial charge on any atom is -0.399 e. The Kier molecular flexibility index (Phi) is 3.30. The largest absolute Gasteiger partial charge is 0.399 e. The van der Waals surface area contributed by atoms with Crippen LogP contribution in [0.2, 0.25) is 5.02 Å². The van der Waals surface area contributed by atoms with Crippen LogP contribution in [0.5, 0.6) is 0 Å². The molecule has 3 aromatic rings. The number of fused-ring (bicyclic) bond motifs is 1. The number of nitrogens with zero attached hydrogens (tertiary/aromatic N) is 2. The molecule has 1 aromatic carbocycles. The fourth-order valence-corrected chi connectivity index (χ4v) is 3.98. The first kappa shape index (κ1) is 12.7. The maximum atomic E-state index is 12.3. The predicted molar refractivity (Wildman–Crippen MR) is 79.0 cm³/mol. The van der Waals surface area contributed by atoms with Crippen LogP contribution in [0.25, 0.3) is 4.96 Å². The molecule has 4 nitrogen and oxygen atoms in total. The third kappa shape index (κ3) is 2.51. The third-order valence-corrected chi connectivity index (χ3v) is 5.22. The summed E-state index contributed by atoms with van der Waals surface area (Å²) in [5.74, 6) is 0.345. The Labute approximate surface area is 121 Å². The number of halogens is 1. The van der Waals surface area contributed by atoms with E-state index >= 15 is 0 Å². The first-order chi connectivity index (χ1) is 9.13. The van der Waals surface area contributed by atoms with Crippen LogP contribution in [0.15, 0.2) is 40.9 Å². The van der Waals surface area contributed by atoms with E-state index in [0.29, 0.717) is 21.4 Å². The van der Waals surface area contributed by atoms with Gasteiger partial charge in [-0.1, -0.05) is 11.6 Å². The summed E-state index contributed by atoms with van der Waals surface area (Å²) in [6, 6.07) is 5.01. The van der Waals surface area contributed by atoms with Crippen LogP contribution < -0.4 is 5.73 Å². The number of nitrogens with two attached hydrogens (primary N) is 1. The van der Waals surface area contributed by atoms with Crippen molar-refractivity contribution in [3.05, 3.63) is 46.7 Å². The zero-order valence-corrected chi connectivity index (χ0v) is 12.1. The molecule has 7 heteroatoms. The second kappa shape index (κ2) is 4.96. The lowest BCUT2D eigenvalue weighted by Gasteiger charge is -2.03. The normalized spacial score (nSPS) is 12.9. The van der Waals surface area contributed by atoms with Gasteiger partial charge in [-0.25, -0.2) is 4.98 Å². The molecule has 3 rings (SSSR count). The highest BCUT2D eigenvalue weighted by atomic mass is 35.5. The number of aromatic nitrogens is 2. The van der Waals surface area contributed by atoms with Gasteiger partial charge in [-0.15, -0.1) is 11.3 Å². The van der Waals surface area contributed by atoms with E-state index < -0.39 is 10.8 Å². The van der Waals surface area contributed by atoms with E-state index in [1.165, 1.54) is 0 Å². The second-order valence-electron chi connectivity index (χ2n) is 4.00. The van der Waals surface area contributed by atoms with Crippen molar-refractivity contribution in [3.63, 3.8) is 0 Å². The molecule has 0 fully saturated rings. The Morgan fingerprint density at radius 2 is 2.32 bits per heavy atom. The molecule has 0 aliphatic rings. The lowest BCUT2D eigenvalue weighted by Crippen LogP contribution is -1.98. The third-order valence-electron chi connectivity index (χ3n) is 2.62. The number of imidazole rings is 1. The summed E-state index contributed by atoms with van der Waals surface area (Å²) < 4.78 is 14.2. The Hall–Kier alpha value is -1.37. The van der Waals surface area contributed by atoms with E-state index in [0.717, 1.165) is 10.7 Å². The van der Waals surface area contributed by atoms with Crippen LogP contribution in [0, 0.1) is 0 Å². The first-order valence-corrected chi connectivity index (χ1v) is 8.05. The first-order valence-electron chi connectivity index (χ1n) is 5.48. The number of hydrogen-bond acceptors (Lipinski definition) is 4. The van der Waals surface area contributed by atoms with E-state index in [2.05, 4.69) is 4.98 Å². The number of benzene rings is 1. The van der Waals surface area contributed by atoms with Crippen LogP contribution in [0.3, 0.4) is 0 Å². The van der Waals surface area contributed by atoms with Crippen LogP contribution in [0.1, 0.15) is 5.69 Å². The summed E-state index contributed by atoms with van der Waals surface area (Å²) in [6.07, 6.45) is 3.81. The number of nitrogen functional groups attached to an aromatic ring is 1. The van der Waals surface area contributed by atoms with Crippen molar-refractivity contribution >= 4 is 44.4 Å². The van der Waals surface area contributed by atoms with Gasteiger partial charge in [0.05, 0.1) is 32.2 Å². The van der Waals surface area contributed by atoms with Gasteiger partial charge in [0.1, 0.15) is 0 Å². The summed E-state index contributed by atoms with van der Waals surface area (Å²) >= 11 is 7.60. The van der Waals surface area contributed by atoms with Crippen LogP contribution in [0.4, 0.5) is 5.69 Å². The SMILES string of the molecule is Nc1ccc(S(=O)Cc2cn3ccsc3n2)c(Cl)c1. The molecule has 19 heavy (non-hydrogen) atoms. The standard InChI is InChI=1S/C12H10ClN3OS2/c13-10-5-8(14)1-2-11(10)19(17)7-9-6-16-3-4-18-12(16)15-9/h1-6H,7,14H2. The molecule has 2 heterocycles. The second-order valence-corrected chi connectivity index (χ2v) is 6.70. The summed E-state index contributed by atoms with van der Waals surface area (Å²) in [4.78, 5) is 5.89. The number of thiazole rings is 1. The molecule has 0 aliphatic carbocycles. The van der Waals surface area contributed by atoms with Crippen molar-refractivity contribution in [2.45, 2.75) is 10.6 Å². The predicted octanol–water partition coefficient (Wildman–Crippen LogP) is 2.94. The van der Waals surface area contributed by atoms with Gasteiger partial charge >= 0.3 is 0 Å². The van der Waals surface area contributed by atoms with Gasteiger partial charge in [-0.3, -0.25) is 8.61 Å². The highest BCUT2D eigenvalue weighted by molar-refractivity contribution is 7.84. The Bertz CT molecular complexity index is 737. The molecule has 1 unspecified atom stereocenters. The maximum Gasteiger partial charge on any atom is 0.193 e. The Morgan fingerprint density at radius 3 is 3.05 bits per heavy atom. The van der Waals surface area contributed by atoms with Gasteiger partial charge in [0.15, 0.2) is 4.96 Å². The van der Waals surface area contributed by atoms with Crippen molar-refractivity contribution in [3.8, 4) is 0 Å². The summed E-state index contributed by atoms with van der Waals surface area (Å²) in [5, 5.41) is 2.39. The number of rotatable bonds is 3. The smallest absolute Gasteiger partial charge is 0.193 e. The molecule has 0 spiro atoms. The minimum atomic E-state index is -1.22. The van der Waals surface area contributed by atoms with Gasteiger partial charge < -0.3 is 5.73 Å². The molecular formula is C12H10ClN3OS2. The molecule has 98 valence electrons. The number of hydrogen-bond donors (Lipinski definition) is 1.